The summed E-state index contributed by atoms with van der Waals surface area (Å²) in [7, 11) is 0. The second-order valence-corrected chi connectivity index (χ2v) is 7.89. The second-order valence-electron chi connectivity index (χ2n) is 7.01. The Hall–Kier alpha value is -1.53. The zero-order valence-corrected chi connectivity index (χ0v) is 16.0. The highest BCUT2D eigenvalue weighted by Crippen LogP contribution is 2.23. The molecule has 2 fully saturated rings. The molecule has 0 aliphatic carbocycles. The van der Waals surface area contributed by atoms with Crippen LogP contribution in [0.2, 0.25) is 0 Å². The molecule has 0 bridgehead atoms. The highest BCUT2D eigenvalue weighted by Gasteiger charge is 2.44. The summed E-state index contributed by atoms with van der Waals surface area (Å²) in [6.07, 6.45) is 2.96. The Bertz CT molecular complexity index is 651. The lowest BCUT2D eigenvalue weighted by molar-refractivity contribution is -0.154. The molecule has 1 N–H and O–H groups in total. The minimum absolute atomic E-state index is 0.00698. The molecule has 6 heteroatoms. The number of rotatable bonds is 5. The fraction of sp³-hybridized carbons (Fsp3) is 0.579. The molecule has 1 aromatic carbocycles. The van der Waals surface area contributed by atoms with Crippen LogP contribution in [0.5, 0.6) is 0 Å². The number of piperazine rings is 2. The summed E-state index contributed by atoms with van der Waals surface area (Å²) in [6.45, 7) is 6.94. The zero-order chi connectivity index (χ0) is 18.0. The van der Waals surface area contributed by atoms with E-state index >= 15 is 0 Å². The van der Waals surface area contributed by atoms with E-state index in [4.69, 9.17) is 0 Å². The number of benzene rings is 1. The van der Waals surface area contributed by atoms with Gasteiger partial charge < -0.3 is 10.2 Å². The van der Waals surface area contributed by atoms with Crippen molar-refractivity contribution < 1.29 is 9.59 Å². The van der Waals surface area contributed by atoms with Crippen LogP contribution in [0, 0.1) is 5.92 Å². The van der Waals surface area contributed by atoms with Crippen LogP contribution in [-0.4, -0.2) is 59.6 Å². The van der Waals surface area contributed by atoms with E-state index in [1.165, 1.54) is 10.5 Å². The Morgan fingerprint density at radius 1 is 1.32 bits per heavy atom. The van der Waals surface area contributed by atoms with Gasteiger partial charge in [-0.3, -0.25) is 14.5 Å². The molecule has 1 aromatic rings. The topological polar surface area (TPSA) is 52.7 Å². The van der Waals surface area contributed by atoms with Crippen LogP contribution in [-0.2, 0) is 16.1 Å². The highest BCUT2D eigenvalue weighted by atomic mass is 32.2. The predicted octanol–water partition coefficient (Wildman–Crippen LogP) is 1.97. The molecule has 0 saturated carbocycles. The lowest BCUT2D eigenvalue weighted by Crippen LogP contribution is -2.70. The third-order valence-electron chi connectivity index (χ3n) is 5.37. The normalized spacial score (nSPS) is 25.5. The van der Waals surface area contributed by atoms with E-state index < -0.39 is 0 Å². The lowest BCUT2D eigenvalue weighted by Gasteiger charge is -2.46. The number of nitrogens with zero attached hydrogens (tertiary/aromatic N) is 2. The first-order valence-corrected chi connectivity index (χ1v) is 10.2. The summed E-state index contributed by atoms with van der Waals surface area (Å²) >= 11 is 1.73. The van der Waals surface area contributed by atoms with Crippen molar-refractivity contribution in [1.29, 1.82) is 0 Å². The molecule has 0 radical (unpaired) electrons. The van der Waals surface area contributed by atoms with Gasteiger partial charge in [0.25, 0.3) is 0 Å². The molecule has 3 atom stereocenters. The molecule has 2 aliphatic rings. The largest absolute Gasteiger partial charge is 0.342 e. The monoisotopic (exact) mass is 361 g/mol. The number of fused-ring (bicyclic) bond motifs is 1. The second kappa shape index (κ2) is 7.79. The summed E-state index contributed by atoms with van der Waals surface area (Å²) in [5.41, 5.74) is 1.25. The summed E-state index contributed by atoms with van der Waals surface area (Å²) in [5.74, 6) is 0.250. The zero-order valence-electron chi connectivity index (χ0n) is 15.2. The van der Waals surface area contributed by atoms with Crippen molar-refractivity contribution in [1.82, 2.24) is 15.1 Å². The number of nitrogens with one attached hydrogen (secondary N) is 1. The molecule has 136 valence electrons. The molecule has 0 spiro atoms. The van der Waals surface area contributed by atoms with E-state index in [1.807, 2.05) is 6.92 Å². The van der Waals surface area contributed by atoms with Gasteiger partial charge in [-0.15, -0.1) is 11.8 Å². The fourth-order valence-corrected chi connectivity index (χ4v) is 4.10. The first-order chi connectivity index (χ1) is 12.0. The van der Waals surface area contributed by atoms with Crippen LogP contribution in [0.3, 0.4) is 0 Å². The van der Waals surface area contributed by atoms with E-state index in [1.54, 1.807) is 16.7 Å². The van der Waals surface area contributed by atoms with Gasteiger partial charge in [0.1, 0.15) is 12.1 Å². The summed E-state index contributed by atoms with van der Waals surface area (Å²) in [6, 6.07) is 7.78. The standard InChI is InChI=1S/C19H27N3O2S/c1-4-13(2)17-19(24)22-9-8-21(12-16(22)18(23)20-17)11-14-6-5-7-15(10-14)25-3/h5-7,10,13,16-17H,4,8-9,11-12H2,1-3H3,(H,20,23)/t13-,16+,17-/m0/s1. The smallest absolute Gasteiger partial charge is 0.246 e. The molecule has 2 aliphatic heterocycles. The fourth-order valence-electron chi connectivity index (χ4n) is 3.61. The maximum atomic E-state index is 12.7. The third kappa shape index (κ3) is 3.85. The first kappa shape index (κ1) is 18.3. The van der Waals surface area contributed by atoms with Gasteiger partial charge in [-0.25, -0.2) is 0 Å². The van der Waals surface area contributed by atoms with Crippen LogP contribution < -0.4 is 5.32 Å². The van der Waals surface area contributed by atoms with Gasteiger partial charge in [0.2, 0.25) is 11.8 Å². The lowest BCUT2D eigenvalue weighted by atomic mass is 9.93. The Labute approximate surface area is 154 Å². The SMILES string of the molecule is CC[C@H](C)[C@@H]1NC(=O)[C@H]2CN(Cc3cccc(SC)c3)CCN2C1=O. The molecule has 2 saturated heterocycles. The van der Waals surface area contributed by atoms with Crippen molar-refractivity contribution >= 4 is 23.6 Å². The molecular weight excluding hydrogens is 334 g/mol. The van der Waals surface area contributed by atoms with Crippen LogP contribution >= 0.6 is 11.8 Å². The Morgan fingerprint density at radius 3 is 2.84 bits per heavy atom. The number of hydrogen-bond donors (Lipinski definition) is 1. The van der Waals surface area contributed by atoms with E-state index in [0.29, 0.717) is 13.1 Å². The van der Waals surface area contributed by atoms with Gasteiger partial charge in [-0.05, 0) is 29.9 Å². The third-order valence-corrected chi connectivity index (χ3v) is 6.09. The molecule has 5 nitrogen and oxygen atoms in total. The van der Waals surface area contributed by atoms with E-state index in [2.05, 4.69) is 47.7 Å². The van der Waals surface area contributed by atoms with Gasteiger partial charge in [0.15, 0.2) is 0 Å². The van der Waals surface area contributed by atoms with Crippen LogP contribution in [0.15, 0.2) is 29.2 Å². The van der Waals surface area contributed by atoms with E-state index in [9.17, 15) is 9.59 Å². The Balaban J connectivity index is 1.67. The van der Waals surface area contributed by atoms with E-state index in [0.717, 1.165) is 19.5 Å². The number of carbonyl (C=O) groups excluding carboxylic acids is 2. The van der Waals surface area contributed by atoms with Crippen LogP contribution in [0.1, 0.15) is 25.8 Å². The molecule has 2 amide bonds. The van der Waals surface area contributed by atoms with Gasteiger partial charge in [-0.2, -0.15) is 0 Å². The Kier molecular flexibility index (Phi) is 5.69. The number of carbonyl (C=O) groups is 2. The summed E-state index contributed by atoms with van der Waals surface area (Å²) < 4.78 is 0. The van der Waals surface area contributed by atoms with Crippen molar-refractivity contribution in [3.05, 3.63) is 29.8 Å². The quantitative estimate of drug-likeness (QED) is 0.815. The van der Waals surface area contributed by atoms with Gasteiger partial charge in [0.05, 0.1) is 0 Å². The first-order valence-electron chi connectivity index (χ1n) is 8.99. The van der Waals surface area contributed by atoms with Gasteiger partial charge in [0, 0.05) is 31.1 Å². The molecule has 25 heavy (non-hydrogen) atoms. The summed E-state index contributed by atoms with van der Waals surface area (Å²) in [4.78, 5) is 30.6. The number of hydrogen-bond acceptors (Lipinski definition) is 4. The molecule has 0 unspecified atom stereocenters. The van der Waals surface area contributed by atoms with Crippen molar-refractivity contribution in [2.24, 2.45) is 5.92 Å². The average Bonchev–Trinajstić information content (AvgIpc) is 2.64. The maximum Gasteiger partial charge on any atom is 0.246 e. The minimum atomic E-state index is -0.362. The maximum absolute atomic E-state index is 12.7. The van der Waals surface area contributed by atoms with Crippen molar-refractivity contribution in [3.63, 3.8) is 0 Å². The molecule has 3 rings (SSSR count). The van der Waals surface area contributed by atoms with Crippen molar-refractivity contribution in [2.45, 2.75) is 43.8 Å². The summed E-state index contributed by atoms with van der Waals surface area (Å²) in [5, 5.41) is 2.96. The van der Waals surface area contributed by atoms with Crippen LogP contribution in [0.4, 0.5) is 0 Å². The van der Waals surface area contributed by atoms with Gasteiger partial charge >= 0.3 is 0 Å². The van der Waals surface area contributed by atoms with Crippen molar-refractivity contribution in [2.75, 3.05) is 25.9 Å². The number of amides is 2. The minimum Gasteiger partial charge on any atom is -0.342 e. The van der Waals surface area contributed by atoms with Crippen molar-refractivity contribution in [3.8, 4) is 0 Å². The molecule has 0 aromatic heterocycles. The van der Waals surface area contributed by atoms with Gasteiger partial charge in [-0.1, -0.05) is 32.4 Å². The number of thioether (sulfide) groups is 1. The molecule has 2 heterocycles. The van der Waals surface area contributed by atoms with Crippen LogP contribution in [0.25, 0.3) is 0 Å². The predicted molar refractivity (Wildman–Crippen MR) is 100 cm³/mol. The average molecular weight is 362 g/mol. The Morgan fingerprint density at radius 2 is 2.12 bits per heavy atom. The van der Waals surface area contributed by atoms with E-state index in [-0.39, 0.29) is 29.8 Å². The molecular formula is C19H27N3O2S. The highest BCUT2D eigenvalue weighted by molar-refractivity contribution is 7.98.